The molecule has 2 amide bonds. The summed E-state index contributed by atoms with van der Waals surface area (Å²) >= 11 is 0. The lowest BCUT2D eigenvalue weighted by atomic mass is 9.65. The van der Waals surface area contributed by atoms with Gasteiger partial charge < -0.3 is 29.3 Å². The second kappa shape index (κ2) is 13.4. The number of fused-ring (bicyclic) bond motifs is 1. The van der Waals surface area contributed by atoms with Gasteiger partial charge in [-0.2, -0.15) is 0 Å². The van der Waals surface area contributed by atoms with Gasteiger partial charge in [-0.05, 0) is 76.6 Å². The van der Waals surface area contributed by atoms with Gasteiger partial charge >= 0.3 is 5.97 Å². The maximum atomic E-state index is 14.6. The van der Waals surface area contributed by atoms with Crippen LogP contribution in [0.2, 0.25) is 0 Å². The summed E-state index contributed by atoms with van der Waals surface area (Å²) in [7, 11) is 0. The molecular formula is C33H47N3O6. The quantitative estimate of drug-likeness (QED) is 0.178. The number of ether oxygens (including phenoxy) is 2. The molecule has 1 aromatic carbocycles. The van der Waals surface area contributed by atoms with Gasteiger partial charge in [0.25, 0.3) is 5.91 Å². The topological polar surface area (TPSA) is 99.6 Å². The number of nitrogens with zero attached hydrogens (tertiary/aromatic N) is 3. The molecule has 42 heavy (non-hydrogen) atoms. The molecular weight excluding hydrogens is 534 g/mol. The van der Waals surface area contributed by atoms with E-state index in [4.69, 9.17) is 9.47 Å². The van der Waals surface area contributed by atoms with E-state index in [0.29, 0.717) is 31.4 Å². The fourth-order valence-corrected chi connectivity index (χ4v) is 7.39. The fourth-order valence-electron chi connectivity index (χ4n) is 7.39. The van der Waals surface area contributed by atoms with E-state index in [-0.39, 0.29) is 38.1 Å². The predicted molar refractivity (Wildman–Crippen MR) is 163 cm³/mol. The molecule has 9 nitrogen and oxygen atoms in total. The monoisotopic (exact) mass is 581 g/mol. The van der Waals surface area contributed by atoms with Crippen LogP contribution in [-0.2, 0) is 23.9 Å². The number of carbonyl (C=O) groups is 3. The summed E-state index contributed by atoms with van der Waals surface area (Å²) in [6.07, 6.45) is 7.45. The number of benzene rings is 1. The highest BCUT2D eigenvalue weighted by Crippen LogP contribution is 2.64. The van der Waals surface area contributed by atoms with Gasteiger partial charge in [-0.1, -0.05) is 19.1 Å². The number of aliphatic hydroxyl groups excluding tert-OH is 1. The van der Waals surface area contributed by atoms with Crippen molar-refractivity contribution in [2.24, 2.45) is 11.8 Å². The Kier molecular flexibility index (Phi) is 10.1. The number of aliphatic hydroxyl groups is 1. The first-order chi connectivity index (χ1) is 20.3. The molecule has 0 radical (unpaired) electrons. The van der Waals surface area contributed by atoms with Gasteiger partial charge in [-0.15, -0.1) is 13.2 Å². The van der Waals surface area contributed by atoms with Crippen LogP contribution in [0.5, 0.6) is 0 Å². The standard InChI is InChI=1S/C33H47N3O6/c1-6-11-12-13-23-41-31(40)27-26-29(38)36(21-22-37)28(33(26)19-18-32(27,8-3)42-33)30(39)35(20-7-2)25-16-14-24(15-17-25)34(9-4)10-5/h6-7,14-17,26-28,37H,1-2,8-13,18-23H2,3-5H3/t26-,27+,28?,32-,33?/m0/s1. The molecule has 1 N–H and O–H groups in total. The Bertz CT molecular complexity index is 1150. The van der Waals surface area contributed by atoms with Crippen molar-refractivity contribution in [3.63, 3.8) is 0 Å². The number of likely N-dealkylation sites (tertiary alicyclic amines) is 1. The summed E-state index contributed by atoms with van der Waals surface area (Å²) in [6.45, 7) is 15.6. The maximum absolute atomic E-state index is 14.6. The number of β-amino-alcohol motifs (C(OH)–C–C–N with tert-alkyl or cyclic N) is 1. The number of carbonyl (C=O) groups excluding carboxylic acids is 3. The van der Waals surface area contributed by atoms with E-state index in [1.54, 1.807) is 11.0 Å². The normalized spacial score (nSPS) is 27.6. The van der Waals surface area contributed by atoms with E-state index in [9.17, 15) is 19.5 Å². The number of amides is 2. The number of hydrogen-bond acceptors (Lipinski definition) is 7. The predicted octanol–water partition coefficient (Wildman–Crippen LogP) is 4.10. The lowest BCUT2D eigenvalue weighted by Crippen LogP contribution is -2.56. The zero-order valence-corrected chi connectivity index (χ0v) is 25.4. The van der Waals surface area contributed by atoms with E-state index < -0.39 is 35.0 Å². The van der Waals surface area contributed by atoms with E-state index in [2.05, 4.69) is 31.9 Å². The smallest absolute Gasteiger partial charge is 0.312 e. The van der Waals surface area contributed by atoms with Crippen molar-refractivity contribution in [3.05, 3.63) is 49.6 Å². The third kappa shape index (κ3) is 5.37. The lowest BCUT2D eigenvalue weighted by molar-refractivity contribution is -0.161. The lowest BCUT2D eigenvalue weighted by Gasteiger charge is -2.36. The van der Waals surface area contributed by atoms with Gasteiger partial charge in [-0.25, -0.2) is 0 Å². The van der Waals surface area contributed by atoms with Crippen molar-refractivity contribution in [3.8, 4) is 0 Å². The number of rotatable bonds is 16. The first-order valence-corrected chi connectivity index (χ1v) is 15.4. The van der Waals surface area contributed by atoms with Crippen LogP contribution in [0.3, 0.4) is 0 Å². The summed E-state index contributed by atoms with van der Waals surface area (Å²) in [5, 5.41) is 9.94. The van der Waals surface area contributed by atoms with Crippen molar-refractivity contribution in [2.75, 3.05) is 49.2 Å². The Morgan fingerprint density at radius 3 is 2.38 bits per heavy atom. The van der Waals surface area contributed by atoms with Crippen molar-refractivity contribution in [1.82, 2.24) is 4.90 Å². The Morgan fingerprint density at radius 2 is 1.79 bits per heavy atom. The van der Waals surface area contributed by atoms with E-state index in [1.807, 2.05) is 37.3 Å². The average molecular weight is 582 g/mol. The summed E-state index contributed by atoms with van der Waals surface area (Å²) in [5.41, 5.74) is -0.302. The SMILES string of the molecule is C=CCCCCOC(=O)[C@H]1[C@H]2C(=O)N(CCO)C(C(=O)N(CC=C)c3ccc(N(CC)CC)cc3)C23CC[C@]1(CC)O3. The molecule has 1 spiro atoms. The van der Waals surface area contributed by atoms with Crippen LogP contribution in [0.4, 0.5) is 11.4 Å². The molecule has 2 unspecified atom stereocenters. The molecule has 0 aromatic heterocycles. The Balaban J connectivity index is 1.68. The summed E-state index contributed by atoms with van der Waals surface area (Å²) in [5.74, 6) is -2.73. The zero-order valence-electron chi connectivity index (χ0n) is 25.4. The van der Waals surface area contributed by atoms with E-state index in [0.717, 1.165) is 31.6 Å². The molecule has 4 rings (SSSR count). The third-order valence-electron chi connectivity index (χ3n) is 9.42. The van der Waals surface area contributed by atoms with Crippen molar-refractivity contribution < 1.29 is 29.0 Å². The summed E-state index contributed by atoms with van der Waals surface area (Å²) < 4.78 is 12.5. The van der Waals surface area contributed by atoms with Gasteiger partial charge in [-0.3, -0.25) is 14.4 Å². The Morgan fingerprint density at radius 1 is 1.10 bits per heavy atom. The Hall–Kier alpha value is -3.17. The molecule has 2 bridgehead atoms. The minimum atomic E-state index is -1.17. The molecule has 0 saturated carbocycles. The fraction of sp³-hybridized carbons (Fsp3) is 0.606. The minimum Gasteiger partial charge on any atom is -0.465 e. The third-order valence-corrected chi connectivity index (χ3v) is 9.42. The van der Waals surface area contributed by atoms with Gasteiger partial charge in [0, 0.05) is 37.6 Å². The number of esters is 1. The number of anilines is 2. The molecule has 0 aliphatic carbocycles. The number of unbranched alkanes of at least 4 members (excludes halogenated alkanes) is 2. The summed E-state index contributed by atoms with van der Waals surface area (Å²) in [4.78, 5) is 47.5. The van der Waals surface area contributed by atoms with Crippen LogP contribution in [0.15, 0.2) is 49.6 Å². The second-order valence-electron chi connectivity index (χ2n) is 11.5. The van der Waals surface area contributed by atoms with Crippen molar-refractivity contribution in [1.29, 1.82) is 0 Å². The summed E-state index contributed by atoms with van der Waals surface area (Å²) in [6, 6.07) is 6.81. The maximum Gasteiger partial charge on any atom is 0.312 e. The number of hydrogen-bond donors (Lipinski definition) is 1. The highest BCUT2D eigenvalue weighted by Gasteiger charge is 2.79. The molecule has 3 saturated heterocycles. The van der Waals surface area contributed by atoms with Crippen LogP contribution < -0.4 is 9.80 Å². The highest BCUT2D eigenvalue weighted by molar-refractivity contribution is 6.05. The van der Waals surface area contributed by atoms with Gasteiger partial charge in [0.2, 0.25) is 5.91 Å². The van der Waals surface area contributed by atoms with Gasteiger partial charge in [0.1, 0.15) is 17.6 Å². The van der Waals surface area contributed by atoms with Crippen molar-refractivity contribution >= 4 is 29.2 Å². The van der Waals surface area contributed by atoms with Crippen LogP contribution in [0.1, 0.15) is 59.3 Å². The molecule has 230 valence electrons. The van der Waals surface area contributed by atoms with Crippen LogP contribution in [-0.4, -0.2) is 84.4 Å². The molecule has 1 aromatic rings. The van der Waals surface area contributed by atoms with Gasteiger partial charge in [0.15, 0.2) is 0 Å². The first-order valence-electron chi connectivity index (χ1n) is 15.4. The molecule has 3 heterocycles. The number of allylic oxidation sites excluding steroid dienone is 1. The zero-order chi connectivity index (χ0) is 30.5. The molecule has 3 fully saturated rings. The minimum absolute atomic E-state index is 0.0257. The highest BCUT2D eigenvalue weighted by atomic mass is 16.6. The Labute approximate surface area is 250 Å². The second-order valence-corrected chi connectivity index (χ2v) is 11.5. The molecule has 5 atom stereocenters. The molecule has 3 aliphatic heterocycles. The average Bonchev–Trinajstić information content (AvgIpc) is 3.60. The molecule has 3 aliphatic rings. The van der Waals surface area contributed by atoms with Crippen molar-refractivity contribution in [2.45, 2.75) is 76.5 Å². The van der Waals surface area contributed by atoms with E-state index in [1.165, 1.54) is 4.90 Å². The van der Waals surface area contributed by atoms with Crippen LogP contribution in [0.25, 0.3) is 0 Å². The van der Waals surface area contributed by atoms with E-state index >= 15 is 0 Å². The van der Waals surface area contributed by atoms with Crippen LogP contribution >= 0.6 is 0 Å². The molecule has 9 heteroatoms. The van der Waals surface area contributed by atoms with Crippen LogP contribution in [0, 0.1) is 11.8 Å². The first kappa shape index (κ1) is 31.8. The van der Waals surface area contributed by atoms with Gasteiger partial charge in [0.05, 0.1) is 24.7 Å². The largest absolute Gasteiger partial charge is 0.465 e.